The van der Waals surface area contributed by atoms with Crippen LogP contribution in [0.15, 0.2) is 24.3 Å². The second-order valence-electron chi connectivity index (χ2n) is 11.4. The van der Waals surface area contributed by atoms with Crippen LogP contribution in [0.5, 0.6) is 23.0 Å². The molecule has 0 saturated carbocycles. The molecule has 0 bridgehead atoms. The van der Waals surface area contributed by atoms with Gasteiger partial charge in [-0.1, -0.05) is 12.1 Å². The van der Waals surface area contributed by atoms with Crippen molar-refractivity contribution in [3.8, 4) is 23.0 Å². The molecule has 256 valence electrons. The molecule has 12 atom stereocenters. The number of ether oxygens (including phenoxy) is 6. The van der Waals surface area contributed by atoms with Crippen LogP contribution in [0.3, 0.4) is 0 Å². The van der Waals surface area contributed by atoms with Crippen molar-refractivity contribution in [3.63, 3.8) is 0 Å². The Labute approximate surface area is 263 Å². The van der Waals surface area contributed by atoms with Crippen LogP contribution in [0.4, 0.5) is 0 Å². The zero-order valence-corrected chi connectivity index (χ0v) is 25.0. The number of benzene rings is 2. The Morgan fingerprint density at radius 2 is 1.24 bits per heavy atom. The lowest BCUT2D eigenvalue weighted by Crippen LogP contribution is -2.60. The van der Waals surface area contributed by atoms with Crippen molar-refractivity contribution in [3.05, 3.63) is 46.5 Å². The molecule has 3 heterocycles. The molecule has 0 spiro atoms. The molecule has 0 unspecified atom stereocenters. The number of hydrogen-bond donors (Lipinski definition) is 10. The summed E-state index contributed by atoms with van der Waals surface area (Å²) in [5.41, 5.74) is 0.721. The fourth-order valence-electron chi connectivity index (χ4n) is 5.89. The molecule has 2 fully saturated rings. The van der Waals surface area contributed by atoms with E-state index in [0.29, 0.717) is 11.3 Å². The van der Waals surface area contributed by atoms with E-state index in [4.69, 9.17) is 28.4 Å². The van der Waals surface area contributed by atoms with E-state index in [-0.39, 0.29) is 40.4 Å². The Kier molecular flexibility index (Phi) is 10.6. The van der Waals surface area contributed by atoms with Gasteiger partial charge >= 0.3 is 0 Å². The Balaban J connectivity index is 1.61. The molecular weight excluding hydrogens is 616 g/mol. The van der Waals surface area contributed by atoms with E-state index in [0.717, 1.165) is 0 Å². The highest BCUT2D eigenvalue weighted by Gasteiger charge is 2.48. The molecule has 2 aromatic rings. The third-order valence-electron chi connectivity index (χ3n) is 8.56. The second-order valence-corrected chi connectivity index (χ2v) is 11.4. The van der Waals surface area contributed by atoms with Gasteiger partial charge in [-0.25, -0.2) is 0 Å². The first kappa shape index (κ1) is 34.5. The van der Waals surface area contributed by atoms with Crippen LogP contribution < -0.4 is 18.9 Å². The van der Waals surface area contributed by atoms with E-state index in [1.54, 1.807) is 24.3 Å². The lowest BCUT2D eigenvalue weighted by molar-refractivity contribution is -0.279. The minimum atomic E-state index is -1.86. The van der Waals surface area contributed by atoms with Crippen molar-refractivity contribution in [2.75, 3.05) is 20.3 Å². The van der Waals surface area contributed by atoms with Crippen LogP contribution in [0.25, 0.3) is 0 Å². The van der Waals surface area contributed by atoms with E-state index in [9.17, 15) is 51.1 Å². The van der Waals surface area contributed by atoms with Gasteiger partial charge in [-0.05, 0) is 24.6 Å². The van der Waals surface area contributed by atoms with Crippen molar-refractivity contribution in [1.82, 2.24) is 0 Å². The highest BCUT2D eigenvalue weighted by molar-refractivity contribution is 5.64. The molecule has 0 aliphatic carbocycles. The Bertz CT molecular complexity index is 1340. The van der Waals surface area contributed by atoms with Gasteiger partial charge in [-0.15, -0.1) is 0 Å². The molecule has 46 heavy (non-hydrogen) atoms. The maximum Gasteiger partial charge on any atom is 0.229 e. The zero-order chi connectivity index (χ0) is 33.4. The summed E-state index contributed by atoms with van der Waals surface area (Å²) >= 11 is 0. The van der Waals surface area contributed by atoms with E-state index in [2.05, 4.69) is 0 Å². The molecule has 10 N–H and O–H groups in total. The standard InChI is InChI=1S/C30H40O16/c1-11-26(45-29-24(39)22(37)20(35)17(9-32)43-29)14(8-31)28(46-30-25(40)23(38)21(36)18(10-33)44-30)19-15(34)7-16(42-27(11)19)12-3-5-13(41-2)6-4-12/h3-6,15-18,20-25,29-40H,7-10H2,1-2H3/t15-,16+,17-,18-,20-,21-,22-,23-,24-,25-,29+,30+/m0/s1. The van der Waals surface area contributed by atoms with Crippen LogP contribution in [-0.4, -0.2) is 133 Å². The smallest absolute Gasteiger partial charge is 0.229 e. The molecular formula is C30H40O16. The molecule has 3 aliphatic heterocycles. The van der Waals surface area contributed by atoms with Crippen molar-refractivity contribution in [2.24, 2.45) is 0 Å². The summed E-state index contributed by atoms with van der Waals surface area (Å²) in [5.74, 6) is 0.117. The molecule has 16 heteroatoms. The van der Waals surface area contributed by atoms with Gasteiger partial charge in [-0.2, -0.15) is 0 Å². The molecule has 0 amide bonds. The minimum absolute atomic E-state index is 0.00158. The Hall–Kier alpha value is -2.84. The molecule has 2 aromatic carbocycles. The highest BCUT2D eigenvalue weighted by Crippen LogP contribution is 2.53. The van der Waals surface area contributed by atoms with Gasteiger partial charge in [0.15, 0.2) is 0 Å². The van der Waals surface area contributed by atoms with Gasteiger partial charge in [0.1, 0.15) is 77.9 Å². The fourth-order valence-corrected chi connectivity index (χ4v) is 5.89. The minimum Gasteiger partial charge on any atom is -0.497 e. The maximum atomic E-state index is 11.5. The summed E-state index contributed by atoms with van der Waals surface area (Å²) in [7, 11) is 1.52. The molecule has 2 saturated heterocycles. The van der Waals surface area contributed by atoms with E-state index in [1.165, 1.54) is 14.0 Å². The first-order chi connectivity index (χ1) is 21.9. The maximum absolute atomic E-state index is 11.5. The van der Waals surface area contributed by atoms with E-state index < -0.39 is 93.4 Å². The number of aliphatic hydroxyl groups is 10. The monoisotopic (exact) mass is 656 g/mol. The van der Waals surface area contributed by atoms with Crippen molar-refractivity contribution >= 4 is 0 Å². The number of fused-ring (bicyclic) bond motifs is 1. The number of hydrogen-bond acceptors (Lipinski definition) is 16. The predicted molar refractivity (Wildman–Crippen MR) is 152 cm³/mol. The van der Waals surface area contributed by atoms with Crippen molar-refractivity contribution < 1.29 is 79.5 Å². The first-order valence-corrected chi connectivity index (χ1v) is 14.7. The van der Waals surface area contributed by atoms with Crippen molar-refractivity contribution in [2.45, 2.75) is 93.6 Å². The summed E-state index contributed by atoms with van der Waals surface area (Å²) < 4.78 is 34.6. The van der Waals surface area contributed by atoms with Crippen LogP contribution in [0, 0.1) is 6.92 Å². The van der Waals surface area contributed by atoms with Gasteiger partial charge in [0.25, 0.3) is 0 Å². The Morgan fingerprint density at radius 1 is 0.717 bits per heavy atom. The van der Waals surface area contributed by atoms with Crippen LogP contribution in [0.2, 0.25) is 0 Å². The molecule has 16 nitrogen and oxygen atoms in total. The van der Waals surface area contributed by atoms with Gasteiger partial charge in [0, 0.05) is 12.0 Å². The lowest BCUT2D eigenvalue weighted by atomic mass is 9.90. The molecule has 0 radical (unpaired) electrons. The second kappa shape index (κ2) is 14.1. The fraction of sp³-hybridized carbons (Fsp3) is 0.600. The molecule has 3 aliphatic rings. The van der Waals surface area contributed by atoms with Gasteiger partial charge < -0.3 is 79.5 Å². The van der Waals surface area contributed by atoms with E-state index >= 15 is 0 Å². The average Bonchev–Trinajstić information content (AvgIpc) is 3.06. The Morgan fingerprint density at radius 3 is 1.72 bits per heavy atom. The molecule has 0 aromatic heterocycles. The SMILES string of the molecule is COc1ccc([C@H]2C[C@H](O)c3c(c(C)c(O[C@H]4O[C@@H](CO)[C@H](O)[C@H](O)[C@@H]4O)c(CO)c3O[C@H]3O[C@@H](CO)[C@H](O)[C@H](O)[C@@H]3O)O2)cc1. The normalized spacial score (nSPS) is 36.0. The molecule has 5 rings (SSSR count). The van der Waals surface area contributed by atoms with Crippen molar-refractivity contribution in [1.29, 1.82) is 0 Å². The average molecular weight is 657 g/mol. The third-order valence-corrected chi connectivity index (χ3v) is 8.56. The van der Waals surface area contributed by atoms with Gasteiger partial charge in [0.05, 0.1) is 44.2 Å². The summed E-state index contributed by atoms with van der Waals surface area (Å²) in [4.78, 5) is 0. The number of aliphatic hydroxyl groups excluding tert-OH is 10. The van der Waals surface area contributed by atoms with Gasteiger partial charge in [0.2, 0.25) is 12.6 Å². The number of methoxy groups -OCH3 is 1. The summed E-state index contributed by atoms with van der Waals surface area (Å²) in [6.07, 6.45) is -18.7. The predicted octanol–water partition coefficient (Wildman–Crippen LogP) is -2.59. The van der Waals surface area contributed by atoms with Gasteiger partial charge in [-0.3, -0.25) is 0 Å². The summed E-state index contributed by atoms with van der Waals surface area (Å²) in [6, 6.07) is 6.91. The van der Waals surface area contributed by atoms with Crippen LogP contribution in [-0.2, 0) is 16.1 Å². The van der Waals surface area contributed by atoms with Crippen LogP contribution in [0.1, 0.15) is 40.9 Å². The zero-order valence-electron chi connectivity index (χ0n) is 25.0. The summed E-state index contributed by atoms with van der Waals surface area (Å²) in [6.45, 7) is -0.782. The largest absolute Gasteiger partial charge is 0.497 e. The number of rotatable bonds is 9. The highest BCUT2D eigenvalue weighted by atomic mass is 16.7. The first-order valence-electron chi connectivity index (χ1n) is 14.7. The quantitative estimate of drug-likeness (QED) is 0.133. The lowest BCUT2D eigenvalue weighted by Gasteiger charge is -2.42. The van der Waals surface area contributed by atoms with E-state index in [1.807, 2.05) is 0 Å². The van der Waals surface area contributed by atoms with Crippen LogP contribution >= 0.6 is 0 Å². The third kappa shape index (κ3) is 6.24. The topological polar surface area (TPSA) is 258 Å². The summed E-state index contributed by atoms with van der Waals surface area (Å²) in [5, 5.41) is 104.